The second-order valence-electron chi connectivity index (χ2n) is 5.26. The molecule has 2 rings (SSSR count). The Hall–Kier alpha value is -1.15. The van der Waals surface area contributed by atoms with Crippen LogP contribution in [0.1, 0.15) is 37.9 Å². The number of aromatic nitrogens is 1. The Labute approximate surface area is 104 Å². The summed E-state index contributed by atoms with van der Waals surface area (Å²) in [4.78, 5) is 4.33. The van der Waals surface area contributed by atoms with Gasteiger partial charge in [0, 0.05) is 24.5 Å². The number of nitrogens with one attached hydrogen (secondary N) is 1. The quantitative estimate of drug-likeness (QED) is 0.840. The fourth-order valence-electron chi connectivity index (χ4n) is 1.75. The van der Waals surface area contributed by atoms with Crippen molar-refractivity contribution in [3.8, 4) is 0 Å². The molecular formula is C15H22N2. The summed E-state index contributed by atoms with van der Waals surface area (Å²) >= 11 is 0. The van der Waals surface area contributed by atoms with Crippen molar-refractivity contribution >= 4 is 6.08 Å². The Morgan fingerprint density at radius 3 is 2.76 bits per heavy atom. The van der Waals surface area contributed by atoms with Gasteiger partial charge < -0.3 is 5.32 Å². The van der Waals surface area contributed by atoms with Crippen LogP contribution >= 0.6 is 0 Å². The molecule has 2 heteroatoms. The van der Waals surface area contributed by atoms with Gasteiger partial charge in [0.15, 0.2) is 0 Å². The lowest BCUT2D eigenvalue weighted by Gasteiger charge is -2.12. The molecule has 1 aromatic heterocycles. The van der Waals surface area contributed by atoms with Gasteiger partial charge in [-0.05, 0) is 37.3 Å². The molecule has 1 N–H and O–H groups in total. The Morgan fingerprint density at radius 2 is 2.24 bits per heavy atom. The molecule has 92 valence electrons. The van der Waals surface area contributed by atoms with E-state index in [1.165, 1.54) is 24.0 Å². The summed E-state index contributed by atoms with van der Waals surface area (Å²) in [6.07, 6.45) is 6.91. The van der Waals surface area contributed by atoms with E-state index in [0.29, 0.717) is 5.92 Å². The molecule has 2 nitrogen and oxygen atoms in total. The minimum absolute atomic E-state index is 0.586. The molecule has 1 aliphatic carbocycles. The number of hydrogen-bond donors (Lipinski definition) is 1. The predicted molar refractivity (Wildman–Crippen MR) is 72.8 cm³/mol. The number of hydrogen-bond acceptors (Lipinski definition) is 2. The maximum absolute atomic E-state index is 4.33. The van der Waals surface area contributed by atoms with Crippen molar-refractivity contribution in [1.29, 1.82) is 0 Å². The summed E-state index contributed by atoms with van der Waals surface area (Å²) in [7, 11) is 0. The normalized spacial score (nSPS) is 16.6. The Kier molecular flexibility index (Phi) is 3.95. The molecule has 1 fully saturated rings. The smallest absolute Gasteiger partial charge is 0.0373 e. The summed E-state index contributed by atoms with van der Waals surface area (Å²) in [5, 5.41) is 3.58. The fourth-order valence-corrected chi connectivity index (χ4v) is 1.75. The van der Waals surface area contributed by atoms with Gasteiger partial charge in [-0.1, -0.05) is 31.6 Å². The van der Waals surface area contributed by atoms with Crippen molar-refractivity contribution in [2.24, 2.45) is 5.92 Å². The molecule has 0 saturated heterocycles. The first kappa shape index (κ1) is 12.3. The van der Waals surface area contributed by atoms with Crippen LogP contribution in [0.3, 0.4) is 0 Å². The van der Waals surface area contributed by atoms with Gasteiger partial charge in [0.1, 0.15) is 0 Å². The first-order chi connectivity index (χ1) is 8.15. The Balaban J connectivity index is 2.04. The summed E-state index contributed by atoms with van der Waals surface area (Å²) in [5.41, 5.74) is 3.74. The van der Waals surface area contributed by atoms with E-state index in [2.05, 4.69) is 42.4 Å². The second kappa shape index (κ2) is 5.46. The summed E-state index contributed by atoms with van der Waals surface area (Å²) < 4.78 is 0. The zero-order valence-corrected chi connectivity index (χ0v) is 11.0. The number of aryl methyl sites for hydroxylation is 1. The maximum atomic E-state index is 4.33. The van der Waals surface area contributed by atoms with Crippen molar-refractivity contribution in [2.45, 2.75) is 39.7 Å². The van der Waals surface area contributed by atoms with E-state index in [4.69, 9.17) is 0 Å². The highest BCUT2D eigenvalue weighted by Gasteiger charge is 2.20. The molecule has 17 heavy (non-hydrogen) atoms. The molecule has 0 aliphatic heterocycles. The van der Waals surface area contributed by atoms with Crippen LogP contribution in [-0.2, 0) is 0 Å². The highest BCUT2D eigenvalue weighted by Crippen LogP contribution is 2.20. The third-order valence-electron chi connectivity index (χ3n) is 3.20. The molecule has 0 unspecified atom stereocenters. The van der Waals surface area contributed by atoms with E-state index in [9.17, 15) is 0 Å². The van der Waals surface area contributed by atoms with Crippen LogP contribution < -0.4 is 5.32 Å². The molecule has 0 bridgehead atoms. The fraction of sp³-hybridized carbons (Fsp3) is 0.533. The first-order valence-corrected chi connectivity index (χ1v) is 6.51. The van der Waals surface area contributed by atoms with E-state index in [-0.39, 0.29) is 0 Å². The van der Waals surface area contributed by atoms with Gasteiger partial charge >= 0.3 is 0 Å². The van der Waals surface area contributed by atoms with Gasteiger partial charge in [0.25, 0.3) is 0 Å². The average molecular weight is 230 g/mol. The molecule has 0 spiro atoms. The predicted octanol–water partition coefficient (Wildman–Crippen LogP) is 3.18. The molecular weight excluding hydrogens is 208 g/mol. The zero-order chi connectivity index (χ0) is 12.3. The monoisotopic (exact) mass is 230 g/mol. The van der Waals surface area contributed by atoms with Crippen molar-refractivity contribution in [2.75, 3.05) is 6.54 Å². The second-order valence-corrected chi connectivity index (χ2v) is 5.26. The van der Waals surface area contributed by atoms with E-state index >= 15 is 0 Å². The summed E-state index contributed by atoms with van der Waals surface area (Å²) in [6, 6.07) is 4.98. The van der Waals surface area contributed by atoms with Crippen LogP contribution in [0.15, 0.2) is 23.9 Å². The van der Waals surface area contributed by atoms with Crippen LogP contribution in [-0.4, -0.2) is 17.6 Å². The molecule has 1 saturated carbocycles. The van der Waals surface area contributed by atoms with Gasteiger partial charge in [0.05, 0.1) is 0 Å². The van der Waals surface area contributed by atoms with Gasteiger partial charge in [-0.25, -0.2) is 0 Å². The molecule has 0 radical (unpaired) electrons. The lowest BCUT2D eigenvalue weighted by molar-refractivity contribution is 0.662. The third-order valence-corrected chi connectivity index (χ3v) is 3.20. The lowest BCUT2D eigenvalue weighted by atomic mass is 10.0. The average Bonchev–Trinajstić information content (AvgIpc) is 3.10. The Morgan fingerprint density at radius 1 is 1.47 bits per heavy atom. The SMILES string of the molecule is Cc1ccc(/C=C(\CNC2CC2)C(C)C)cn1. The first-order valence-electron chi connectivity index (χ1n) is 6.51. The maximum Gasteiger partial charge on any atom is 0.0373 e. The zero-order valence-electron chi connectivity index (χ0n) is 11.0. The van der Waals surface area contributed by atoms with Gasteiger partial charge in [0.2, 0.25) is 0 Å². The lowest BCUT2D eigenvalue weighted by Crippen LogP contribution is -2.21. The summed E-state index contributed by atoms with van der Waals surface area (Å²) in [5.74, 6) is 0.586. The number of pyridine rings is 1. The van der Waals surface area contributed by atoms with Crippen LogP contribution in [0, 0.1) is 12.8 Å². The van der Waals surface area contributed by atoms with Crippen LogP contribution in [0.5, 0.6) is 0 Å². The minimum atomic E-state index is 0.586. The molecule has 0 amide bonds. The Bertz CT molecular complexity index is 386. The molecule has 0 atom stereocenters. The van der Waals surface area contributed by atoms with Gasteiger partial charge in [-0.15, -0.1) is 0 Å². The van der Waals surface area contributed by atoms with Crippen molar-refractivity contribution in [3.63, 3.8) is 0 Å². The highest BCUT2D eigenvalue weighted by molar-refractivity contribution is 5.52. The van der Waals surface area contributed by atoms with Crippen LogP contribution in [0.25, 0.3) is 6.08 Å². The number of nitrogens with zero attached hydrogens (tertiary/aromatic N) is 1. The number of rotatable bonds is 5. The van der Waals surface area contributed by atoms with Gasteiger partial charge in [-0.2, -0.15) is 0 Å². The largest absolute Gasteiger partial charge is 0.310 e. The molecule has 1 heterocycles. The summed E-state index contributed by atoms with van der Waals surface area (Å²) in [6.45, 7) is 7.53. The van der Waals surface area contributed by atoms with E-state index < -0.39 is 0 Å². The topological polar surface area (TPSA) is 24.9 Å². The van der Waals surface area contributed by atoms with Crippen LogP contribution in [0.4, 0.5) is 0 Å². The van der Waals surface area contributed by atoms with E-state index in [0.717, 1.165) is 18.3 Å². The minimum Gasteiger partial charge on any atom is -0.310 e. The van der Waals surface area contributed by atoms with Gasteiger partial charge in [-0.3, -0.25) is 4.98 Å². The highest BCUT2D eigenvalue weighted by atomic mass is 14.9. The van der Waals surface area contributed by atoms with Crippen molar-refractivity contribution in [1.82, 2.24) is 10.3 Å². The molecule has 0 aromatic carbocycles. The van der Waals surface area contributed by atoms with E-state index in [1.54, 1.807) is 0 Å². The van der Waals surface area contributed by atoms with Crippen LogP contribution in [0.2, 0.25) is 0 Å². The van der Waals surface area contributed by atoms with Crippen molar-refractivity contribution in [3.05, 3.63) is 35.2 Å². The molecule has 1 aliphatic rings. The van der Waals surface area contributed by atoms with E-state index in [1.807, 2.05) is 13.1 Å². The van der Waals surface area contributed by atoms with Crippen molar-refractivity contribution < 1.29 is 0 Å². The molecule has 1 aromatic rings. The standard InChI is InChI=1S/C15H22N2/c1-11(2)14(10-17-15-6-7-15)8-13-5-4-12(3)16-9-13/h4-5,8-9,11,15,17H,6-7,10H2,1-3H3/b14-8+. The third kappa shape index (κ3) is 3.97.